The Balaban J connectivity index is 1.66. The maximum atomic E-state index is 14.2. The van der Waals surface area contributed by atoms with Crippen molar-refractivity contribution in [1.29, 1.82) is 0 Å². The van der Waals surface area contributed by atoms with Gasteiger partial charge in [0, 0.05) is 36.6 Å². The molecule has 2 aliphatic heterocycles. The van der Waals surface area contributed by atoms with Crippen LogP contribution in [-0.4, -0.2) is 48.0 Å². The zero-order chi connectivity index (χ0) is 16.5. The van der Waals surface area contributed by atoms with Crippen LogP contribution in [0.2, 0.25) is 0 Å². The van der Waals surface area contributed by atoms with Crippen molar-refractivity contribution in [2.75, 3.05) is 25.0 Å². The Hall–Kier alpha value is -1.66. The number of alkyl halides is 1. The highest BCUT2D eigenvalue weighted by atomic mass is 19.1. The van der Waals surface area contributed by atoms with E-state index in [4.69, 9.17) is 4.74 Å². The van der Waals surface area contributed by atoms with E-state index in [0.717, 1.165) is 42.7 Å². The summed E-state index contributed by atoms with van der Waals surface area (Å²) in [5, 5.41) is 7.80. The van der Waals surface area contributed by atoms with Gasteiger partial charge in [0.15, 0.2) is 0 Å². The van der Waals surface area contributed by atoms with Gasteiger partial charge in [0.1, 0.15) is 11.8 Å². The highest BCUT2D eigenvalue weighted by molar-refractivity contribution is 5.93. The summed E-state index contributed by atoms with van der Waals surface area (Å²) >= 11 is 0. The first-order chi connectivity index (χ1) is 11.7. The van der Waals surface area contributed by atoms with Gasteiger partial charge in [0.25, 0.3) is 0 Å². The van der Waals surface area contributed by atoms with Crippen LogP contribution in [-0.2, 0) is 4.74 Å². The second kappa shape index (κ2) is 6.69. The number of nitrogens with zero attached hydrogens (tertiary/aromatic N) is 1. The van der Waals surface area contributed by atoms with E-state index < -0.39 is 6.17 Å². The molecule has 0 amide bonds. The van der Waals surface area contributed by atoms with Gasteiger partial charge in [0.2, 0.25) is 0 Å². The molecule has 0 saturated carbocycles. The number of hydrogen-bond donors (Lipinski definition) is 3. The molecule has 4 heterocycles. The lowest BCUT2D eigenvalue weighted by Crippen LogP contribution is -2.46. The van der Waals surface area contributed by atoms with Gasteiger partial charge < -0.3 is 20.4 Å². The third-order valence-corrected chi connectivity index (χ3v) is 5.27. The Bertz CT molecular complexity index is 703. The fourth-order valence-corrected chi connectivity index (χ4v) is 3.97. The van der Waals surface area contributed by atoms with Crippen molar-refractivity contribution in [2.24, 2.45) is 0 Å². The number of piperidine rings is 1. The van der Waals surface area contributed by atoms with Crippen LogP contribution >= 0.6 is 0 Å². The van der Waals surface area contributed by atoms with Gasteiger partial charge in [-0.05, 0) is 50.3 Å². The van der Waals surface area contributed by atoms with Gasteiger partial charge in [-0.2, -0.15) is 0 Å². The molecule has 24 heavy (non-hydrogen) atoms. The molecule has 2 aliphatic rings. The van der Waals surface area contributed by atoms with Crippen LogP contribution in [0.1, 0.15) is 37.7 Å². The second-order valence-electron chi connectivity index (χ2n) is 6.99. The lowest BCUT2D eigenvalue weighted by molar-refractivity contribution is 0.0189. The van der Waals surface area contributed by atoms with Crippen LogP contribution in [0.3, 0.4) is 0 Å². The molecule has 0 spiro atoms. The fraction of sp³-hybridized carbons (Fsp3) is 0.611. The van der Waals surface area contributed by atoms with Crippen molar-refractivity contribution in [2.45, 2.75) is 50.4 Å². The maximum absolute atomic E-state index is 14.2. The van der Waals surface area contributed by atoms with E-state index in [-0.39, 0.29) is 12.1 Å². The molecule has 2 unspecified atom stereocenters. The molecule has 130 valence electrons. The predicted molar refractivity (Wildman–Crippen MR) is 93.3 cm³/mol. The molecule has 4 rings (SSSR count). The van der Waals surface area contributed by atoms with E-state index in [1.54, 1.807) is 6.20 Å². The number of pyridine rings is 1. The zero-order valence-corrected chi connectivity index (χ0v) is 14.0. The smallest absolute Gasteiger partial charge is 0.139 e. The maximum Gasteiger partial charge on any atom is 0.139 e. The number of nitrogens with one attached hydrogen (secondary N) is 3. The lowest BCUT2D eigenvalue weighted by atomic mass is 9.88. The summed E-state index contributed by atoms with van der Waals surface area (Å²) in [6, 6.07) is 1.77. The average Bonchev–Trinajstić information content (AvgIpc) is 3.02. The fourth-order valence-electron chi connectivity index (χ4n) is 3.97. The van der Waals surface area contributed by atoms with Gasteiger partial charge in [-0.3, -0.25) is 0 Å². The summed E-state index contributed by atoms with van der Waals surface area (Å²) < 4.78 is 19.9. The first-order valence-corrected chi connectivity index (χ1v) is 8.91. The van der Waals surface area contributed by atoms with Crippen LogP contribution in [0.25, 0.3) is 11.0 Å². The molecular formula is C18H25FN4O. The highest BCUT2D eigenvalue weighted by Gasteiger charge is 2.27. The highest BCUT2D eigenvalue weighted by Crippen LogP contribution is 2.37. The Morgan fingerprint density at radius 3 is 3.12 bits per heavy atom. The number of halogens is 1. The van der Waals surface area contributed by atoms with Crippen molar-refractivity contribution >= 4 is 16.7 Å². The monoisotopic (exact) mass is 332 g/mol. The molecule has 3 N–H and O–H groups in total. The van der Waals surface area contributed by atoms with E-state index in [0.29, 0.717) is 18.9 Å². The van der Waals surface area contributed by atoms with Gasteiger partial charge in [-0.15, -0.1) is 0 Å². The minimum absolute atomic E-state index is 0.194. The molecule has 5 nitrogen and oxygen atoms in total. The van der Waals surface area contributed by atoms with Gasteiger partial charge in [0.05, 0.1) is 12.1 Å². The summed E-state index contributed by atoms with van der Waals surface area (Å²) in [5.74, 6) is 0.456. The number of aromatic amines is 1. The van der Waals surface area contributed by atoms with Crippen LogP contribution in [0.5, 0.6) is 0 Å². The van der Waals surface area contributed by atoms with E-state index in [2.05, 4.69) is 33.7 Å². The average molecular weight is 332 g/mol. The first-order valence-electron chi connectivity index (χ1n) is 8.91. The van der Waals surface area contributed by atoms with Crippen LogP contribution in [0.15, 0.2) is 18.5 Å². The van der Waals surface area contributed by atoms with Crippen LogP contribution < -0.4 is 10.6 Å². The molecular weight excluding hydrogens is 307 g/mol. The number of aromatic nitrogens is 2. The number of rotatable bonds is 3. The molecule has 0 radical (unpaired) electrons. The minimum Gasteiger partial charge on any atom is -0.378 e. The molecule has 0 bridgehead atoms. The number of ether oxygens (including phenoxy) is 1. The SMILES string of the molecule is CC1CC(c2c[nH]c3nccc(N[C@H]4CNCC[C@H]4F)c23)CCO1. The first kappa shape index (κ1) is 15.8. The molecule has 2 aromatic rings. The number of hydrogen-bond acceptors (Lipinski definition) is 4. The normalized spacial score (nSPS) is 31.2. The lowest BCUT2D eigenvalue weighted by Gasteiger charge is -2.30. The molecule has 4 atom stereocenters. The number of H-pyrrole nitrogens is 1. The van der Waals surface area contributed by atoms with Crippen molar-refractivity contribution in [3.05, 3.63) is 24.0 Å². The zero-order valence-electron chi connectivity index (χ0n) is 14.0. The molecule has 2 aromatic heterocycles. The van der Waals surface area contributed by atoms with Gasteiger partial charge >= 0.3 is 0 Å². The third kappa shape index (κ3) is 3.00. The molecule has 2 fully saturated rings. The quantitative estimate of drug-likeness (QED) is 0.809. The minimum atomic E-state index is -0.819. The number of fused-ring (bicyclic) bond motifs is 1. The van der Waals surface area contributed by atoms with Gasteiger partial charge in [-0.25, -0.2) is 9.37 Å². The summed E-state index contributed by atoms with van der Waals surface area (Å²) in [6.07, 6.45) is 5.89. The Kier molecular flexibility index (Phi) is 4.41. The van der Waals surface area contributed by atoms with E-state index in [1.165, 1.54) is 5.56 Å². The third-order valence-electron chi connectivity index (χ3n) is 5.27. The predicted octanol–water partition coefficient (Wildman–Crippen LogP) is 2.96. The summed E-state index contributed by atoms with van der Waals surface area (Å²) in [7, 11) is 0. The molecule has 2 saturated heterocycles. The summed E-state index contributed by atoms with van der Waals surface area (Å²) in [4.78, 5) is 7.74. The standard InChI is InChI=1S/C18H25FN4O/c1-11-8-12(4-7-24-11)13-9-22-18-17(13)15(3-6-21-18)23-16-10-20-5-2-14(16)19/h3,6,9,11-12,14,16,20H,2,4-5,7-8,10H2,1H3,(H2,21,22,23)/t11?,12?,14-,16+/m1/s1. The second-order valence-corrected chi connectivity index (χ2v) is 6.99. The van der Waals surface area contributed by atoms with Gasteiger partial charge in [-0.1, -0.05) is 0 Å². The number of anilines is 1. The van der Waals surface area contributed by atoms with Crippen molar-refractivity contribution in [1.82, 2.24) is 15.3 Å². The summed E-state index contributed by atoms with van der Waals surface area (Å²) in [5.41, 5.74) is 3.12. The van der Waals surface area contributed by atoms with Crippen molar-refractivity contribution < 1.29 is 9.13 Å². The van der Waals surface area contributed by atoms with Crippen LogP contribution in [0, 0.1) is 0 Å². The molecule has 6 heteroatoms. The Morgan fingerprint density at radius 1 is 1.38 bits per heavy atom. The Morgan fingerprint density at radius 2 is 2.29 bits per heavy atom. The largest absolute Gasteiger partial charge is 0.378 e. The van der Waals surface area contributed by atoms with Crippen molar-refractivity contribution in [3.63, 3.8) is 0 Å². The van der Waals surface area contributed by atoms with E-state index in [9.17, 15) is 4.39 Å². The van der Waals surface area contributed by atoms with E-state index in [1.807, 2.05) is 6.07 Å². The molecule has 0 aliphatic carbocycles. The van der Waals surface area contributed by atoms with Crippen LogP contribution in [0.4, 0.5) is 10.1 Å². The Labute approximate surface area is 141 Å². The topological polar surface area (TPSA) is 62.0 Å². The van der Waals surface area contributed by atoms with Crippen molar-refractivity contribution in [3.8, 4) is 0 Å². The van der Waals surface area contributed by atoms with E-state index >= 15 is 0 Å². The molecule has 0 aromatic carbocycles. The summed E-state index contributed by atoms with van der Waals surface area (Å²) in [6.45, 7) is 4.32.